The Morgan fingerprint density at radius 2 is 1.32 bits per heavy atom. The smallest absolute Gasteiger partial charge is 0.306 e. The van der Waals surface area contributed by atoms with Gasteiger partial charge in [-0.3, -0.25) is 9.59 Å². The first-order valence-electron chi connectivity index (χ1n) is 15.2. The normalized spacial score (nSPS) is 11.1. The van der Waals surface area contributed by atoms with Crippen molar-refractivity contribution in [2.75, 3.05) is 6.61 Å². The summed E-state index contributed by atoms with van der Waals surface area (Å²) in [5, 5.41) is 0. The number of benzene rings is 1. The predicted molar refractivity (Wildman–Crippen MR) is 159 cm³/mol. The van der Waals surface area contributed by atoms with E-state index in [1.165, 1.54) is 77.0 Å². The summed E-state index contributed by atoms with van der Waals surface area (Å²) in [5.41, 5.74) is 0.569. The zero-order valence-electron chi connectivity index (χ0n) is 23.7. The van der Waals surface area contributed by atoms with Crippen LogP contribution in [-0.4, -0.2) is 25.0 Å². The maximum Gasteiger partial charge on any atom is 0.306 e. The lowest BCUT2D eigenvalue weighted by molar-refractivity contribution is -0.150. The summed E-state index contributed by atoms with van der Waals surface area (Å²) in [4.78, 5) is 23.7. The van der Waals surface area contributed by atoms with Gasteiger partial charge in [-0.15, -0.1) is 0 Å². The quantitative estimate of drug-likeness (QED) is 0.0655. The van der Waals surface area contributed by atoms with Crippen molar-refractivity contribution in [1.29, 1.82) is 0 Å². The van der Waals surface area contributed by atoms with Crippen molar-refractivity contribution in [1.82, 2.24) is 0 Å². The summed E-state index contributed by atoms with van der Waals surface area (Å²) in [6.07, 6.45) is 23.9. The number of halogens is 1. The molecule has 5 heteroatoms. The largest absolute Gasteiger partial charge is 0.493 e. The van der Waals surface area contributed by atoms with Gasteiger partial charge in [0.15, 0.2) is 6.29 Å². The van der Waals surface area contributed by atoms with Crippen LogP contribution in [0.4, 0.5) is 0 Å². The van der Waals surface area contributed by atoms with E-state index in [1.807, 2.05) is 12.1 Å². The molecule has 37 heavy (non-hydrogen) atoms. The van der Waals surface area contributed by atoms with Crippen molar-refractivity contribution in [3.05, 3.63) is 28.2 Å². The first kappa shape index (κ1) is 33.7. The Bertz CT molecular complexity index is 690. The minimum atomic E-state index is -0.0121. The molecule has 1 aromatic rings. The first-order valence-corrected chi connectivity index (χ1v) is 16.0. The van der Waals surface area contributed by atoms with E-state index >= 15 is 0 Å². The molecule has 0 amide bonds. The van der Waals surface area contributed by atoms with E-state index in [-0.39, 0.29) is 12.1 Å². The van der Waals surface area contributed by atoms with Crippen LogP contribution in [-0.2, 0) is 9.53 Å². The van der Waals surface area contributed by atoms with Crippen LogP contribution in [0, 0.1) is 0 Å². The molecular weight excluding hydrogens is 528 g/mol. The van der Waals surface area contributed by atoms with Gasteiger partial charge in [-0.05, 0) is 56.7 Å². The fourth-order valence-electron chi connectivity index (χ4n) is 4.64. The van der Waals surface area contributed by atoms with Gasteiger partial charge in [0.2, 0.25) is 0 Å². The summed E-state index contributed by atoms with van der Waals surface area (Å²) >= 11 is 3.37. The summed E-state index contributed by atoms with van der Waals surface area (Å²) in [6, 6.07) is 5.48. The number of ether oxygens (including phenoxy) is 2. The second-order valence-corrected chi connectivity index (χ2v) is 11.3. The highest BCUT2D eigenvalue weighted by molar-refractivity contribution is 9.10. The van der Waals surface area contributed by atoms with Crippen molar-refractivity contribution in [2.45, 2.75) is 148 Å². The standard InChI is InChI=1S/C32H53BrO4/c1-3-5-7-9-12-16-20-30(21-17-13-10-8-6-4-2)37-32(35)22-18-14-11-15-19-25-36-31-24-23-29(33)26-28(31)27-34/h23-24,26-27,30H,3-22,25H2,1-2H3. The zero-order chi connectivity index (χ0) is 27.0. The van der Waals surface area contributed by atoms with Gasteiger partial charge >= 0.3 is 5.97 Å². The SMILES string of the molecule is CCCCCCCCC(CCCCCCCC)OC(=O)CCCCCCCOc1ccc(Br)cc1C=O. The Balaban J connectivity index is 2.19. The number of hydrogen-bond donors (Lipinski definition) is 0. The first-order chi connectivity index (χ1) is 18.1. The predicted octanol–water partition coefficient (Wildman–Crippen LogP) is 10.4. The maximum atomic E-state index is 12.5. The van der Waals surface area contributed by atoms with E-state index in [0.29, 0.717) is 24.3 Å². The summed E-state index contributed by atoms with van der Waals surface area (Å²) in [6.45, 7) is 5.10. The molecule has 1 rings (SSSR count). The van der Waals surface area contributed by atoms with E-state index in [0.717, 1.165) is 55.7 Å². The van der Waals surface area contributed by atoms with Crippen molar-refractivity contribution in [3.8, 4) is 5.75 Å². The molecule has 4 nitrogen and oxygen atoms in total. The molecule has 0 saturated heterocycles. The Kier molecular flexibility index (Phi) is 21.6. The Morgan fingerprint density at radius 1 is 0.784 bits per heavy atom. The molecular formula is C32H53BrO4. The van der Waals surface area contributed by atoms with Gasteiger partial charge in [-0.2, -0.15) is 0 Å². The lowest BCUT2D eigenvalue weighted by atomic mass is 10.0. The van der Waals surface area contributed by atoms with Crippen molar-refractivity contribution < 1.29 is 19.1 Å². The minimum absolute atomic E-state index is 0.0121. The van der Waals surface area contributed by atoms with Crippen LogP contribution in [0.25, 0.3) is 0 Å². The van der Waals surface area contributed by atoms with Crippen LogP contribution in [0.15, 0.2) is 22.7 Å². The molecule has 0 bridgehead atoms. The molecule has 0 aliphatic rings. The van der Waals surface area contributed by atoms with Crippen LogP contribution in [0.3, 0.4) is 0 Å². The fraction of sp³-hybridized carbons (Fsp3) is 0.750. The monoisotopic (exact) mass is 580 g/mol. The van der Waals surface area contributed by atoms with Gasteiger partial charge in [0.05, 0.1) is 12.2 Å². The van der Waals surface area contributed by atoms with E-state index in [4.69, 9.17) is 9.47 Å². The van der Waals surface area contributed by atoms with Gasteiger partial charge in [-0.1, -0.05) is 113 Å². The van der Waals surface area contributed by atoms with Gasteiger partial charge in [0, 0.05) is 10.9 Å². The van der Waals surface area contributed by atoms with Gasteiger partial charge in [0.25, 0.3) is 0 Å². The average Bonchev–Trinajstić information content (AvgIpc) is 2.89. The van der Waals surface area contributed by atoms with Crippen LogP contribution in [0.1, 0.15) is 153 Å². The van der Waals surface area contributed by atoms with Crippen molar-refractivity contribution >= 4 is 28.2 Å². The van der Waals surface area contributed by atoms with E-state index in [1.54, 1.807) is 6.07 Å². The van der Waals surface area contributed by atoms with Crippen LogP contribution < -0.4 is 4.74 Å². The molecule has 0 atom stereocenters. The number of carbonyl (C=O) groups excluding carboxylic acids is 2. The molecule has 0 radical (unpaired) electrons. The number of rotatable bonds is 25. The summed E-state index contributed by atoms with van der Waals surface area (Å²) in [7, 11) is 0. The van der Waals surface area contributed by atoms with E-state index < -0.39 is 0 Å². The van der Waals surface area contributed by atoms with Crippen LogP contribution in [0.2, 0.25) is 0 Å². The Labute approximate surface area is 235 Å². The highest BCUT2D eigenvalue weighted by Gasteiger charge is 2.14. The van der Waals surface area contributed by atoms with E-state index in [2.05, 4.69) is 29.8 Å². The second-order valence-electron chi connectivity index (χ2n) is 10.4. The summed E-state index contributed by atoms with van der Waals surface area (Å²) < 4.78 is 12.6. The molecule has 0 fully saturated rings. The highest BCUT2D eigenvalue weighted by Crippen LogP contribution is 2.22. The zero-order valence-corrected chi connectivity index (χ0v) is 25.3. The molecule has 0 N–H and O–H groups in total. The van der Waals surface area contributed by atoms with Gasteiger partial charge in [-0.25, -0.2) is 0 Å². The van der Waals surface area contributed by atoms with Crippen LogP contribution >= 0.6 is 15.9 Å². The van der Waals surface area contributed by atoms with Crippen molar-refractivity contribution in [2.24, 2.45) is 0 Å². The molecule has 1 aromatic carbocycles. The topological polar surface area (TPSA) is 52.6 Å². The molecule has 0 heterocycles. The molecule has 0 unspecified atom stereocenters. The summed E-state index contributed by atoms with van der Waals surface area (Å²) in [5.74, 6) is 0.624. The maximum absolute atomic E-state index is 12.5. The number of esters is 1. The molecule has 0 spiro atoms. The Hall–Kier alpha value is -1.36. The van der Waals surface area contributed by atoms with Crippen molar-refractivity contribution in [3.63, 3.8) is 0 Å². The number of aldehydes is 1. The molecule has 0 saturated carbocycles. The van der Waals surface area contributed by atoms with Gasteiger partial charge < -0.3 is 9.47 Å². The highest BCUT2D eigenvalue weighted by atomic mass is 79.9. The number of unbranched alkanes of at least 4 members (excludes halogenated alkanes) is 14. The number of hydrogen-bond acceptors (Lipinski definition) is 4. The molecule has 212 valence electrons. The molecule has 0 aliphatic carbocycles. The average molecular weight is 582 g/mol. The fourth-order valence-corrected chi connectivity index (χ4v) is 5.02. The van der Waals surface area contributed by atoms with Gasteiger partial charge in [0.1, 0.15) is 11.9 Å². The lowest BCUT2D eigenvalue weighted by Gasteiger charge is -2.18. The second kappa shape index (κ2) is 23.7. The Morgan fingerprint density at radius 3 is 1.92 bits per heavy atom. The third-order valence-electron chi connectivity index (χ3n) is 6.94. The molecule has 0 aromatic heterocycles. The third kappa shape index (κ3) is 18.5. The third-order valence-corrected chi connectivity index (χ3v) is 7.43. The number of carbonyl (C=O) groups is 2. The molecule has 0 aliphatic heterocycles. The minimum Gasteiger partial charge on any atom is -0.493 e. The van der Waals surface area contributed by atoms with Crippen LogP contribution in [0.5, 0.6) is 5.75 Å². The van der Waals surface area contributed by atoms with E-state index in [9.17, 15) is 9.59 Å². The lowest BCUT2D eigenvalue weighted by Crippen LogP contribution is -2.18.